The first-order chi connectivity index (χ1) is 9.74. The van der Waals surface area contributed by atoms with E-state index in [1.165, 1.54) is 0 Å². The molecule has 0 N–H and O–H groups in total. The van der Waals surface area contributed by atoms with Crippen LogP contribution in [0.5, 0.6) is 0 Å². The summed E-state index contributed by atoms with van der Waals surface area (Å²) in [6.07, 6.45) is 6.96. The second-order valence-electron chi connectivity index (χ2n) is 4.14. The monoisotopic (exact) mass is 339 g/mol. The fourth-order valence-corrected chi connectivity index (χ4v) is 2.30. The van der Waals surface area contributed by atoms with Crippen LogP contribution in [0.2, 0.25) is 0 Å². The Morgan fingerprint density at radius 3 is 2.65 bits per heavy atom. The van der Waals surface area contributed by atoms with Gasteiger partial charge in [0.1, 0.15) is 5.82 Å². The number of pyridine rings is 1. The highest BCUT2D eigenvalue weighted by Crippen LogP contribution is 2.20. The van der Waals surface area contributed by atoms with Gasteiger partial charge in [-0.3, -0.25) is 4.98 Å². The molecule has 0 spiro atoms. The Hall–Kier alpha value is -1.24. The van der Waals surface area contributed by atoms with Crippen molar-refractivity contribution in [1.82, 2.24) is 14.5 Å². The van der Waals surface area contributed by atoms with Gasteiger partial charge in [0.25, 0.3) is 0 Å². The first-order valence-corrected chi connectivity index (χ1v) is 7.39. The minimum atomic E-state index is -0.266. The molecule has 0 radical (unpaired) electrons. The molecule has 0 amide bonds. The molecule has 0 saturated carbocycles. The van der Waals surface area contributed by atoms with Gasteiger partial charge in [-0.1, -0.05) is 0 Å². The summed E-state index contributed by atoms with van der Waals surface area (Å²) in [7, 11) is 0. The van der Waals surface area contributed by atoms with Gasteiger partial charge in [-0.2, -0.15) is 0 Å². The number of hydrogen-bond acceptors (Lipinski definition) is 4. The fraction of sp³-hybridized carbons (Fsp3) is 0.429. The van der Waals surface area contributed by atoms with Crippen molar-refractivity contribution in [3.63, 3.8) is 0 Å². The summed E-state index contributed by atoms with van der Waals surface area (Å²) in [5.74, 6) is 0.850. The predicted octanol–water partition coefficient (Wildman–Crippen LogP) is 3.11. The van der Waals surface area contributed by atoms with Crippen LogP contribution in [0.4, 0.5) is 0 Å². The fourth-order valence-electron chi connectivity index (χ4n) is 1.94. The number of ether oxygens (including phenoxy) is 2. The summed E-state index contributed by atoms with van der Waals surface area (Å²) in [6.45, 7) is 5.75. The van der Waals surface area contributed by atoms with Gasteiger partial charge >= 0.3 is 0 Å². The molecule has 0 atom stereocenters. The van der Waals surface area contributed by atoms with Crippen LogP contribution in [0.15, 0.2) is 35.3 Å². The zero-order valence-electron chi connectivity index (χ0n) is 11.6. The Morgan fingerprint density at radius 1 is 1.25 bits per heavy atom. The van der Waals surface area contributed by atoms with E-state index in [1.54, 1.807) is 18.6 Å². The van der Waals surface area contributed by atoms with Crippen LogP contribution in [-0.2, 0) is 16.0 Å². The Kier molecular flexibility index (Phi) is 5.70. The number of imidazole rings is 1. The van der Waals surface area contributed by atoms with E-state index in [0.717, 1.165) is 15.9 Å². The third kappa shape index (κ3) is 3.88. The molecule has 2 aromatic rings. The largest absolute Gasteiger partial charge is 0.351 e. The molecular weight excluding hydrogens is 322 g/mol. The molecule has 0 unspecified atom stereocenters. The Bertz CT molecular complexity index is 539. The second kappa shape index (κ2) is 7.52. The van der Waals surface area contributed by atoms with Crippen molar-refractivity contribution >= 4 is 15.9 Å². The summed E-state index contributed by atoms with van der Waals surface area (Å²) < 4.78 is 14.1. The second-order valence-corrected chi connectivity index (χ2v) is 5.05. The van der Waals surface area contributed by atoms with Crippen molar-refractivity contribution in [2.45, 2.75) is 26.7 Å². The summed E-state index contributed by atoms with van der Waals surface area (Å²) in [6, 6.07) is 1.99. The summed E-state index contributed by atoms with van der Waals surface area (Å²) in [4.78, 5) is 8.56. The quantitative estimate of drug-likeness (QED) is 0.727. The minimum absolute atomic E-state index is 0.266. The van der Waals surface area contributed by atoms with E-state index in [1.807, 2.05) is 30.7 Å². The molecule has 20 heavy (non-hydrogen) atoms. The van der Waals surface area contributed by atoms with Gasteiger partial charge in [-0.15, -0.1) is 0 Å². The van der Waals surface area contributed by atoms with Crippen molar-refractivity contribution in [2.24, 2.45) is 0 Å². The molecule has 0 aromatic carbocycles. The molecule has 0 aliphatic rings. The SMILES string of the molecule is CCOC(Cn1ccnc1-c1cncc(Br)c1)OCC. The van der Waals surface area contributed by atoms with Gasteiger partial charge < -0.3 is 14.0 Å². The molecule has 5 nitrogen and oxygen atoms in total. The van der Waals surface area contributed by atoms with E-state index in [-0.39, 0.29) is 6.29 Å². The summed E-state index contributed by atoms with van der Waals surface area (Å²) in [5, 5.41) is 0. The zero-order valence-corrected chi connectivity index (χ0v) is 13.2. The highest BCUT2D eigenvalue weighted by atomic mass is 79.9. The smallest absolute Gasteiger partial charge is 0.175 e. The van der Waals surface area contributed by atoms with Crippen LogP contribution in [0, 0.1) is 0 Å². The van der Waals surface area contributed by atoms with E-state index in [0.29, 0.717) is 19.8 Å². The van der Waals surface area contributed by atoms with Gasteiger partial charge in [-0.25, -0.2) is 4.98 Å². The normalized spacial score (nSPS) is 11.2. The number of halogens is 1. The van der Waals surface area contributed by atoms with Crippen molar-refractivity contribution in [3.8, 4) is 11.4 Å². The molecule has 0 fully saturated rings. The zero-order chi connectivity index (χ0) is 14.4. The van der Waals surface area contributed by atoms with Gasteiger partial charge in [0.05, 0.1) is 6.54 Å². The van der Waals surface area contributed by atoms with Crippen LogP contribution in [0.3, 0.4) is 0 Å². The maximum atomic E-state index is 5.57. The lowest BCUT2D eigenvalue weighted by Gasteiger charge is -2.18. The summed E-state index contributed by atoms with van der Waals surface area (Å²) >= 11 is 3.42. The first kappa shape index (κ1) is 15.2. The van der Waals surface area contributed by atoms with Crippen molar-refractivity contribution in [1.29, 1.82) is 0 Å². The summed E-state index contributed by atoms with van der Waals surface area (Å²) in [5.41, 5.74) is 0.955. The molecule has 0 bridgehead atoms. The van der Waals surface area contributed by atoms with Crippen molar-refractivity contribution < 1.29 is 9.47 Å². The van der Waals surface area contributed by atoms with Gasteiger partial charge in [0, 0.05) is 48.0 Å². The number of nitrogens with zero attached hydrogens (tertiary/aromatic N) is 3. The van der Waals surface area contributed by atoms with Gasteiger partial charge in [0.15, 0.2) is 6.29 Å². The Labute approximate surface area is 127 Å². The average Bonchev–Trinajstić information content (AvgIpc) is 2.87. The molecule has 2 aromatic heterocycles. The van der Waals surface area contributed by atoms with E-state index in [9.17, 15) is 0 Å². The maximum Gasteiger partial charge on any atom is 0.175 e. The molecule has 2 heterocycles. The van der Waals surface area contributed by atoms with Gasteiger partial charge in [0.2, 0.25) is 0 Å². The van der Waals surface area contributed by atoms with E-state index < -0.39 is 0 Å². The topological polar surface area (TPSA) is 49.2 Å². The molecule has 0 saturated heterocycles. The standard InChI is InChI=1S/C14H18BrN3O2/c1-3-19-13(20-4-2)10-18-6-5-17-14(18)11-7-12(15)9-16-8-11/h5-9,13H,3-4,10H2,1-2H3. The van der Waals surface area contributed by atoms with Crippen LogP contribution in [-0.4, -0.2) is 34.0 Å². The molecular formula is C14H18BrN3O2. The molecule has 6 heteroatoms. The molecule has 0 aliphatic carbocycles. The Balaban J connectivity index is 2.19. The number of hydrogen-bond donors (Lipinski definition) is 0. The lowest BCUT2D eigenvalue weighted by Crippen LogP contribution is -2.23. The maximum absolute atomic E-state index is 5.57. The van der Waals surface area contributed by atoms with Crippen molar-refractivity contribution in [2.75, 3.05) is 13.2 Å². The van der Waals surface area contributed by atoms with Crippen LogP contribution < -0.4 is 0 Å². The lowest BCUT2D eigenvalue weighted by atomic mass is 10.2. The van der Waals surface area contributed by atoms with E-state index >= 15 is 0 Å². The van der Waals surface area contributed by atoms with Crippen LogP contribution in [0.25, 0.3) is 11.4 Å². The van der Waals surface area contributed by atoms with E-state index in [4.69, 9.17) is 9.47 Å². The third-order valence-corrected chi connectivity index (χ3v) is 3.16. The number of aromatic nitrogens is 3. The van der Waals surface area contributed by atoms with E-state index in [2.05, 4.69) is 25.9 Å². The predicted molar refractivity (Wildman–Crippen MR) is 80.2 cm³/mol. The lowest BCUT2D eigenvalue weighted by molar-refractivity contribution is -0.143. The van der Waals surface area contributed by atoms with Crippen LogP contribution in [0.1, 0.15) is 13.8 Å². The highest BCUT2D eigenvalue weighted by molar-refractivity contribution is 9.10. The molecule has 0 aliphatic heterocycles. The average molecular weight is 340 g/mol. The molecule has 108 valence electrons. The van der Waals surface area contributed by atoms with Gasteiger partial charge in [-0.05, 0) is 35.8 Å². The van der Waals surface area contributed by atoms with Crippen LogP contribution >= 0.6 is 15.9 Å². The third-order valence-electron chi connectivity index (χ3n) is 2.73. The Morgan fingerprint density at radius 2 is 2.00 bits per heavy atom. The molecule has 2 rings (SSSR count). The highest BCUT2D eigenvalue weighted by Gasteiger charge is 2.13. The number of rotatable bonds is 7. The minimum Gasteiger partial charge on any atom is -0.351 e. The van der Waals surface area contributed by atoms with Crippen molar-refractivity contribution in [3.05, 3.63) is 35.3 Å². The first-order valence-electron chi connectivity index (χ1n) is 6.59.